The van der Waals surface area contributed by atoms with Crippen LogP contribution in [0.2, 0.25) is 0 Å². The van der Waals surface area contributed by atoms with Gasteiger partial charge < -0.3 is 15.4 Å². The Kier molecular flexibility index (Phi) is 7.71. The molecular weight excluding hydrogens is 370 g/mol. The Labute approximate surface area is 151 Å². The van der Waals surface area contributed by atoms with Crippen molar-refractivity contribution in [2.24, 2.45) is 0 Å². The molecule has 0 unspecified atom stereocenters. The Morgan fingerprint density at radius 1 is 1.25 bits per heavy atom. The van der Waals surface area contributed by atoms with E-state index in [1.807, 2.05) is 30.3 Å². The van der Waals surface area contributed by atoms with E-state index in [4.69, 9.17) is 4.74 Å². The van der Waals surface area contributed by atoms with Crippen molar-refractivity contribution in [2.75, 3.05) is 13.1 Å². The summed E-state index contributed by atoms with van der Waals surface area (Å²) in [5.41, 5.74) is 1.98. The molecule has 128 valence electrons. The van der Waals surface area contributed by atoms with Crippen molar-refractivity contribution in [3.63, 3.8) is 0 Å². The van der Waals surface area contributed by atoms with Crippen LogP contribution in [0.3, 0.4) is 0 Å². The summed E-state index contributed by atoms with van der Waals surface area (Å²) in [6.45, 7) is 4.19. The number of rotatable bonds is 9. The molecule has 2 rings (SSSR count). The van der Waals surface area contributed by atoms with E-state index < -0.39 is 0 Å². The Morgan fingerprint density at radius 2 is 2.12 bits per heavy atom. The van der Waals surface area contributed by atoms with Crippen LogP contribution in [0.15, 0.2) is 47.1 Å². The Hall–Kier alpha value is -1.92. The fourth-order valence-electron chi connectivity index (χ4n) is 2.16. The highest BCUT2D eigenvalue weighted by molar-refractivity contribution is 9.10. The van der Waals surface area contributed by atoms with Crippen LogP contribution in [-0.4, -0.2) is 24.0 Å². The molecule has 1 amide bonds. The van der Waals surface area contributed by atoms with Crippen LogP contribution < -0.4 is 15.4 Å². The predicted octanol–water partition coefficient (Wildman–Crippen LogP) is 3.04. The van der Waals surface area contributed by atoms with Crippen molar-refractivity contribution in [2.45, 2.75) is 26.5 Å². The first-order valence-corrected chi connectivity index (χ1v) is 8.71. The van der Waals surface area contributed by atoms with E-state index in [9.17, 15) is 4.79 Å². The summed E-state index contributed by atoms with van der Waals surface area (Å²) in [6, 6.07) is 11.8. The third-order valence-electron chi connectivity index (χ3n) is 3.34. The second-order valence-corrected chi connectivity index (χ2v) is 6.29. The minimum Gasteiger partial charge on any atom is -0.487 e. The molecule has 0 aliphatic rings. The number of benzene rings is 1. The molecule has 2 aromatic rings. The van der Waals surface area contributed by atoms with Gasteiger partial charge in [0.05, 0.1) is 5.69 Å². The van der Waals surface area contributed by atoms with Gasteiger partial charge in [0.1, 0.15) is 12.4 Å². The number of carbonyl (C=O) groups excluding carboxylic acids is 1. The lowest BCUT2D eigenvalue weighted by Gasteiger charge is -2.13. The van der Waals surface area contributed by atoms with E-state index in [2.05, 4.69) is 37.6 Å². The molecule has 1 heterocycles. The van der Waals surface area contributed by atoms with Gasteiger partial charge in [0.15, 0.2) is 0 Å². The fourth-order valence-corrected chi connectivity index (χ4v) is 2.57. The molecule has 2 N–H and O–H groups in total. The van der Waals surface area contributed by atoms with Gasteiger partial charge in [-0.15, -0.1) is 0 Å². The molecule has 24 heavy (non-hydrogen) atoms. The van der Waals surface area contributed by atoms with E-state index >= 15 is 0 Å². The van der Waals surface area contributed by atoms with Gasteiger partial charge in [0.2, 0.25) is 5.91 Å². The number of ether oxygens (including phenoxy) is 1. The average Bonchev–Trinajstić information content (AvgIpc) is 2.58. The summed E-state index contributed by atoms with van der Waals surface area (Å²) >= 11 is 3.50. The minimum absolute atomic E-state index is 0.00666. The Balaban J connectivity index is 1.84. The molecular formula is C18H22BrN3O2. The maximum absolute atomic E-state index is 10.8. The molecule has 0 aliphatic carbocycles. The Morgan fingerprint density at radius 3 is 2.88 bits per heavy atom. The van der Waals surface area contributed by atoms with Crippen molar-refractivity contribution in [3.8, 4) is 5.75 Å². The Bertz CT molecular complexity index is 650. The first kappa shape index (κ1) is 18.4. The highest BCUT2D eigenvalue weighted by Gasteiger charge is 2.05. The molecule has 0 radical (unpaired) electrons. The maximum Gasteiger partial charge on any atom is 0.216 e. The molecule has 0 bridgehead atoms. The number of pyridine rings is 1. The molecule has 0 fully saturated rings. The van der Waals surface area contributed by atoms with Crippen LogP contribution >= 0.6 is 15.9 Å². The smallest absolute Gasteiger partial charge is 0.216 e. The average molecular weight is 392 g/mol. The largest absolute Gasteiger partial charge is 0.487 e. The van der Waals surface area contributed by atoms with Crippen molar-refractivity contribution >= 4 is 21.8 Å². The van der Waals surface area contributed by atoms with Gasteiger partial charge in [0, 0.05) is 36.2 Å². The lowest BCUT2D eigenvalue weighted by molar-refractivity contribution is -0.118. The fraction of sp³-hybridized carbons (Fsp3) is 0.333. The molecule has 6 heteroatoms. The van der Waals surface area contributed by atoms with Gasteiger partial charge in [-0.1, -0.05) is 22.0 Å². The van der Waals surface area contributed by atoms with Crippen LogP contribution in [0.4, 0.5) is 0 Å². The van der Waals surface area contributed by atoms with E-state index in [-0.39, 0.29) is 5.91 Å². The summed E-state index contributed by atoms with van der Waals surface area (Å²) < 4.78 is 6.92. The van der Waals surface area contributed by atoms with E-state index in [1.165, 1.54) is 6.92 Å². The topological polar surface area (TPSA) is 63.2 Å². The van der Waals surface area contributed by atoms with Gasteiger partial charge in [0.25, 0.3) is 0 Å². The third kappa shape index (κ3) is 6.68. The van der Waals surface area contributed by atoms with Crippen molar-refractivity contribution in [3.05, 3.63) is 58.3 Å². The highest BCUT2D eigenvalue weighted by atomic mass is 79.9. The number of nitrogens with one attached hydrogen (secondary N) is 2. The van der Waals surface area contributed by atoms with Crippen molar-refractivity contribution in [1.29, 1.82) is 0 Å². The summed E-state index contributed by atoms with van der Waals surface area (Å²) in [6.07, 6.45) is 2.65. The molecule has 1 aromatic carbocycles. The van der Waals surface area contributed by atoms with Gasteiger partial charge in [-0.05, 0) is 43.3 Å². The van der Waals surface area contributed by atoms with Crippen molar-refractivity contribution < 1.29 is 9.53 Å². The summed E-state index contributed by atoms with van der Waals surface area (Å²) in [4.78, 5) is 15.1. The first-order chi connectivity index (χ1) is 11.6. The van der Waals surface area contributed by atoms with Crippen LogP contribution in [-0.2, 0) is 17.9 Å². The number of hydrogen-bond acceptors (Lipinski definition) is 4. The van der Waals surface area contributed by atoms with Gasteiger partial charge in [-0.2, -0.15) is 0 Å². The van der Waals surface area contributed by atoms with Gasteiger partial charge in [-0.25, -0.2) is 0 Å². The summed E-state index contributed by atoms with van der Waals surface area (Å²) in [5.74, 6) is 0.852. The second-order valence-electron chi connectivity index (χ2n) is 5.38. The number of nitrogens with zero attached hydrogens (tertiary/aromatic N) is 1. The SMILES string of the molecule is CC(=O)NCCCNCc1cc(Br)ccc1OCc1ccccn1. The van der Waals surface area contributed by atoms with Crippen LogP contribution in [0.25, 0.3) is 0 Å². The molecule has 0 aliphatic heterocycles. The maximum atomic E-state index is 10.8. The quantitative estimate of drug-likeness (QED) is 0.644. The van der Waals surface area contributed by atoms with Crippen LogP contribution in [0.5, 0.6) is 5.75 Å². The van der Waals surface area contributed by atoms with Crippen molar-refractivity contribution in [1.82, 2.24) is 15.6 Å². The molecule has 1 aromatic heterocycles. The number of halogens is 1. The van der Waals surface area contributed by atoms with E-state index in [0.717, 1.165) is 34.4 Å². The predicted molar refractivity (Wildman–Crippen MR) is 97.7 cm³/mol. The number of amides is 1. The second kappa shape index (κ2) is 10.1. The van der Waals surface area contributed by atoms with Crippen LogP contribution in [0, 0.1) is 0 Å². The third-order valence-corrected chi connectivity index (χ3v) is 3.84. The number of hydrogen-bond donors (Lipinski definition) is 2. The lowest BCUT2D eigenvalue weighted by Crippen LogP contribution is -2.25. The standard InChI is InChI=1S/C18H22BrN3O2/c1-14(23)21-10-4-8-20-12-15-11-16(19)6-7-18(15)24-13-17-5-2-3-9-22-17/h2-3,5-7,9,11,20H,4,8,10,12-13H2,1H3,(H,21,23). The zero-order valence-corrected chi connectivity index (χ0v) is 15.3. The monoisotopic (exact) mass is 391 g/mol. The lowest BCUT2D eigenvalue weighted by atomic mass is 10.2. The molecule has 5 nitrogen and oxygen atoms in total. The van der Waals surface area contributed by atoms with Gasteiger partial charge in [-0.3, -0.25) is 9.78 Å². The van der Waals surface area contributed by atoms with Crippen LogP contribution in [0.1, 0.15) is 24.6 Å². The molecule has 0 saturated heterocycles. The molecule has 0 atom stereocenters. The molecule has 0 saturated carbocycles. The first-order valence-electron chi connectivity index (χ1n) is 7.91. The van der Waals surface area contributed by atoms with E-state index in [1.54, 1.807) is 6.20 Å². The van der Waals surface area contributed by atoms with Gasteiger partial charge >= 0.3 is 0 Å². The van der Waals surface area contributed by atoms with E-state index in [0.29, 0.717) is 19.7 Å². The zero-order chi connectivity index (χ0) is 17.2. The normalized spacial score (nSPS) is 10.4. The zero-order valence-electron chi connectivity index (χ0n) is 13.7. The molecule has 0 spiro atoms. The summed E-state index contributed by atoms with van der Waals surface area (Å²) in [5, 5.41) is 6.16. The summed E-state index contributed by atoms with van der Waals surface area (Å²) in [7, 11) is 0. The minimum atomic E-state index is 0.00666. The highest BCUT2D eigenvalue weighted by Crippen LogP contribution is 2.24. The number of aromatic nitrogens is 1. The number of carbonyl (C=O) groups is 1.